The summed E-state index contributed by atoms with van der Waals surface area (Å²) < 4.78 is 5.39. The second kappa shape index (κ2) is 7.98. The Morgan fingerprint density at radius 3 is 2.75 bits per heavy atom. The van der Waals surface area contributed by atoms with Crippen molar-refractivity contribution in [1.82, 2.24) is 5.32 Å². The summed E-state index contributed by atoms with van der Waals surface area (Å²) in [6.07, 6.45) is 2.89. The number of nitrogens with zero attached hydrogens (tertiary/aromatic N) is 2. The summed E-state index contributed by atoms with van der Waals surface area (Å²) in [5.74, 6) is -0.271. The van der Waals surface area contributed by atoms with Gasteiger partial charge in [0.1, 0.15) is 0 Å². The van der Waals surface area contributed by atoms with Crippen molar-refractivity contribution in [3.8, 4) is 0 Å². The van der Waals surface area contributed by atoms with Crippen molar-refractivity contribution < 1.29 is 14.5 Å². The van der Waals surface area contributed by atoms with Crippen molar-refractivity contribution in [1.29, 1.82) is 0 Å². The summed E-state index contributed by atoms with van der Waals surface area (Å²) in [6, 6.07) is 12.6. The van der Waals surface area contributed by atoms with Crippen molar-refractivity contribution in [3.63, 3.8) is 0 Å². The molecule has 1 N–H and O–H groups in total. The maximum absolute atomic E-state index is 13.2. The van der Waals surface area contributed by atoms with E-state index in [0.717, 1.165) is 30.5 Å². The molecule has 146 valence electrons. The summed E-state index contributed by atoms with van der Waals surface area (Å²) in [5, 5.41) is 14.4. The molecule has 0 spiro atoms. The Kier molecular flexibility index (Phi) is 5.25. The molecule has 28 heavy (non-hydrogen) atoms. The van der Waals surface area contributed by atoms with Crippen LogP contribution in [0.25, 0.3) is 0 Å². The molecule has 0 aromatic heterocycles. The Bertz CT molecular complexity index is 893. The molecule has 1 atom stereocenters. The average molecular weight is 381 g/mol. The number of morpholine rings is 1. The van der Waals surface area contributed by atoms with Gasteiger partial charge in [-0.05, 0) is 36.5 Å². The monoisotopic (exact) mass is 381 g/mol. The van der Waals surface area contributed by atoms with E-state index >= 15 is 0 Å². The quantitative estimate of drug-likeness (QED) is 0.649. The average Bonchev–Trinajstić information content (AvgIpc) is 2.74. The molecule has 0 saturated carbocycles. The smallest absolute Gasteiger partial charge is 0.270 e. The van der Waals surface area contributed by atoms with Crippen molar-refractivity contribution >= 4 is 17.3 Å². The van der Waals surface area contributed by atoms with Gasteiger partial charge in [-0.1, -0.05) is 24.3 Å². The van der Waals surface area contributed by atoms with E-state index in [2.05, 4.69) is 22.3 Å². The molecule has 1 saturated heterocycles. The Morgan fingerprint density at radius 1 is 1.18 bits per heavy atom. The number of aryl methyl sites for hydroxylation is 1. The highest BCUT2D eigenvalue weighted by molar-refractivity contribution is 6.00. The molecular weight excluding hydrogens is 358 g/mol. The number of benzene rings is 2. The topological polar surface area (TPSA) is 84.7 Å². The van der Waals surface area contributed by atoms with E-state index in [0.29, 0.717) is 31.9 Å². The zero-order chi connectivity index (χ0) is 19.5. The highest BCUT2D eigenvalue weighted by atomic mass is 16.6. The van der Waals surface area contributed by atoms with Crippen LogP contribution in [0.5, 0.6) is 0 Å². The van der Waals surface area contributed by atoms with Crippen LogP contribution in [-0.2, 0) is 11.2 Å². The minimum Gasteiger partial charge on any atom is -0.378 e. The van der Waals surface area contributed by atoms with Gasteiger partial charge >= 0.3 is 0 Å². The highest BCUT2D eigenvalue weighted by Crippen LogP contribution is 2.31. The Hall–Kier alpha value is -2.93. The van der Waals surface area contributed by atoms with Gasteiger partial charge < -0.3 is 15.0 Å². The molecule has 2 aromatic rings. The molecule has 4 rings (SSSR count). The second-order valence-corrected chi connectivity index (χ2v) is 7.18. The Labute approximate surface area is 163 Å². The van der Waals surface area contributed by atoms with Gasteiger partial charge in [0.15, 0.2) is 0 Å². The summed E-state index contributed by atoms with van der Waals surface area (Å²) >= 11 is 0. The van der Waals surface area contributed by atoms with Crippen LogP contribution in [0, 0.1) is 10.1 Å². The Morgan fingerprint density at radius 2 is 1.96 bits per heavy atom. The number of non-ortho nitro benzene ring substituents is 1. The molecule has 7 heteroatoms. The maximum Gasteiger partial charge on any atom is 0.270 e. The van der Waals surface area contributed by atoms with Gasteiger partial charge in [0.05, 0.1) is 35.4 Å². The molecule has 1 heterocycles. The van der Waals surface area contributed by atoms with Crippen LogP contribution in [0.2, 0.25) is 0 Å². The molecule has 1 aliphatic carbocycles. The fraction of sp³-hybridized carbons (Fsp3) is 0.381. The second-order valence-electron chi connectivity index (χ2n) is 7.18. The van der Waals surface area contributed by atoms with Crippen LogP contribution >= 0.6 is 0 Å². The van der Waals surface area contributed by atoms with Gasteiger partial charge in [0.25, 0.3) is 11.6 Å². The molecule has 7 nitrogen and oxygen atoms in total. The van der Waals surface area contributed by atoms with Crippen LogP contribution in [0.3, 0.4) is 0 Å². The van der Waals surface area contributed by atoms with Crippen LogP contribution in [0.15, 0.2) is 42.5 Å². The lowest BCUT2D eigenvalue weighted by Gasteiger charge is -2.31. The fourth-order valence-electron chi connectivity index (χ4n) is 4.04. The zero-order valence-corrected chi connectivity index (χ0v) is 15.6. The van der Waals surface area contributed by atoms with Gasteiger partial charge in [-0.15, -0.1) is 0 Å². The third-order valence-electron chi connectivity index (χ3n) is 5.46. The molecule has 0 radical (unpaired) electrons. The summed E-state index contributed by atoms with van der Waals surface area (Å²) in [4.78, 5) is 26.0. The lowest BCUT2D eigenvalue weighted by Crippen LogP contribution is -2.38. The van der Waals surface area contributed by atoms with Crippen LogP contribution in [-0.4, -0.2) is 37.1 Å². The molecule has 2 aliphatic rings. The first-order chi connectivity index (χ1) is 13.6. The third kappa shape index (κ3) is 3.71. The van der Waals surface area contributed by atoms with Gasteiger partial charge in [0.2, 0.25) is 0 Å². The van der Waals surface area contributed by atoms with E-state index in [4.69, 9.17) is 4.74 Å². The van der Waals surface area contributed by atoms with E-state index in [-0.39, 0.29) is 17.6 Å². The van der Waals surface area contributed by atoms with Gasteiger partial charge in [-0.3, -0.25) is 14.9 Å². The predicted molar refractivity (Wildman–Crippen MR) is 106 cm³/mol. The number of fused-ring (bicyclic) bond motifs is 1. The van der Waals surface area contributed by atoms with Crippen molar-refractivity contribution in [2.45, 2.75) is 25.3 Å². The molecule has 2 aromatic carbocycles. The van der Waals surface area contributed by atoms with Gasteiger partial charge in [-0.2, -0.15) is 0 Å². The van der Waals surface area contributed by atoms with Gasteiger partial charge in [0, 0.05) is 25.2 Å². The van der Waals surface area contributed by atoms with E-state index < -0.39 is 4.92 Å². The van der Waals surface area contributed by atoms with E-state index in [9.17, 15) is 14.9 Å². The van der Waals surface area contributed by atoms with Crippen molar-refractivity contribution in [3.05, 3.63) is 69.3 Å². The van der Waals surface area contributed by atoms with Crippen molar-refractivity contribution in [2.24, 2.45) is 0 Å². The summed E-state index contributed by atoms with van der Waals surface area (Å²) in [5.41, 5.74) is 3.38. The standard InChI is InChI=1S/C21H23N3O4/c25-21(22-19-7-3-5-15-4-1-2-6-17(15)19)18-14-16(24(26)27)8-9-20(18)23-10-12-28-13-11-23/h1-2,4,6,8-9,14,19H,3,5,7,10-13H2,(H,22,25)/t19-/m0/s1. The number of nitro benzene ring substituents is 1. The number of carbonyl (C=O) groups excluding carboxylic acids is 1. The van der Waals surface area contributed by atoms with E-state index in [1.165, 1.54) is 17.7 Å². The normalized spacial score (nSPS) is 19.0. The van der Waals surface area contributed by atoms with E-state index in [1.807, 2.05) is 12.1 Å². The number of hydrogen-bond acceptors (Lipinski definition) is 5. The number of amides is 1. The number of hydrogen-bond donors (Lipinski definition) is 1. The lowest BCUT2D eigenvalue weighted by atomic mass is 9.87. The number of rotatable bonds is 4. The number of ether oxygens (including phenoxy) is 1. The maximum atomic E-state index is 13.2. The van der Waals surface area contributed by atoms with Crippen LogP contribution < -0.4 is 10.2 Å². The first-order valence-electron chi connectivity index (χ1n) is 9.63. The Balaban J connectivity index is 1.64. The van der Waals surface area contributed by atoms with Gasteiger partial charge in [-0.25, -0.2) is 0 Å². The SMILES string of the molecule is O=C(N[C@H]1CCCc2ccccc21)c1cc([N+](=O)[O-])ccc1N1CCOCC1. The molecule has 0 unspecified atom stereocenters. The number of anilines is 1. The first-order valence-corrected chi connectivity index (χ1v) is 9.63. The fourth-order valence-corrected chi connectivity index (χ4v) is 4.04. The molecule has 1 amide bonds. The minimum atomic E-state index is -0.463. The number of nitro groups is 1. The minimum absolute atomic E-state index is 0.0748. The molecular formula is C21H23N3O4. The largest absolute Gasteiger partial charge is 0.378 e. The predicted octanol–water partition coefficient (Wildman–Crippen LogP) is 3.24. The van der Waals surface area contributed by atoms with Crippen molar-refractivity contribution in [2.75, 3.05) is 31.2 Å². The zero-order valence-electron chi connectivity index (χ0n) is 15.6. The van der Waals surface area contributed by atoms with Crippen LogP contribution in [0.1, 0.15) is 40.4 Å². The summed E-state index contributed by atoms with van der Waals surface area (Å²) in [6.45, 7) is 2.47. The first kappa shape index (κ1) is 18.4. The molecule has 1 aliphatic heterocycles. The third-order valence-corrected chi connectivity index (χ3v) is 5.46. The molecule has 0 bridgehead atoms. The van der Waals surface area contributed by atoms with E-state index in [1.54, 1.807) is 6.07 Å². The highest BCUT2D eigenvalue weighted by Gasteiger charge is 2.26. The number of nitrogens with one attached hydrogen (secondary N) is 1. The summed E-state index contributed by atoms with van der Waals surface area (Å²) in [7, 11) is 0. The number of carbonyl (C=O) groups is 1. The molecule has 1 fully saturated rings. The lowest BCUT2D eigenvalue weighted by molar-refractivity contribution is -0.384. The van der Waals surface area contributed by atoms with Crippen LogP contribution in [0.4, 0.5) is 11.4 Å².